The molecule has 24 heavy (non-hydrogen) atoms. The van der Waals surface area contributed by atoms with Gasteiger partial charge in [-0.3, -0.25) is 4.79 Å². The number of Topliss-reactive ketones (excluding diaryl/α,β-unsaturated/α-hetero) is 1. The van der Waals surface area contributed by atoms with E-state index < -0.39 is 0 Å². The Morgan fingerprint density at radius 2 is 2.04 bits per heavy atom. The van der Waals surface area contributed by atoms with Crippen molar-refractivity contribution in [2.24, 2.45) is 0 Å². The van der Waals surface area contributed by atoms with Gasteiger partial charge in [-0.05, 0) is 36.4 Å². The molecule has 0 aliphatic heterocycles. The average molecular weight is 342 g/mol. The summed E-state index contributed by atoms with van der Waals surface area (Å²) in [6.45, 7) is 0. The molecule has 1 N–H and O–H groups in total. The highest BCUT2D eigenvalue weighted by Crippen LogP contribution is 2.37. The summed E-state index contributed by atoms with van der Waals surface area (Å²) in [5, 5.41) is 8.29. The fraction of sp³-hybridized carbons (Fsp3) is 0.222. The maximum Gasteiger partial charge on any atom is 0.169 e. The van der Waals surface area contributed by atoms with Gasteiger partial charge in [0, 0.05) is 30.8 Å². The molecule has 122 valence electrons. The van der Waals surface area contributed by atoms with E-state index in [1.165, 1.54) is 0 Å². The molecule has 0 saturated heterocycles. The lowest BCUT2D eigenvalue weighted by molar-refractivity contribution is 0.0960. The number of nitrogens with one attached hydrogen (secondary N) is 1. The molecule has 1 unspecified atom stereocenters. The second kappa shape index (κ2) is 5.83. The lowest BCUT2D eigenvalue weighted by atomic mass is 9.85. The molecule has 2 aromatic heterocycles. The lowest BCUT2D eigenvalue weighted by Crippen LogP contribution is -2.20. The van der Waals surface area contributed by atoms with Crippen LogP contribution in [0.4, 0.5) is 5.82 Å². The Labute approximate surface area is 144 Å². The van der Waals surface area contributed by atoms with Gasteiger partial charge >= 0.3 is 0 Å². The Balaban J connectivity index is 1.83. The van der Waals surface area contributed by atoms with Crippen LogP contribution in [0.1, 0.15) is 34.2 Å². The van der Waals surface area contributed by atoms with Crippen LogP contribution < -0.4 is 5.32 Å². The number of aromatic nitrogens is 2. The van der Waals surface area contributed by atoms with Gasteiger partial charge < -0.3 is 9.73 Å². The molecule has 0 bridgehead atoms. The first kappa shape index (κ1) is 15.0. The Morgan fingerprint density at radius 1 is 1.25 bits per heavy atom. The predicted molar refractivity (Wildman–Crippen MR) is 92.2 cm³/mol. The van der Waals surface area contributed by atoms with Crippen LogP contribution in [0.5, 0.6) is 0 Å². The minimum atomic E-state index is 0.0347. The van der Waals surface area contributed by atoms with Crippen molar-refractivity contribution in [1.82, 2.24) is 9.78 Å². The van der Waals surface area contributed by atoms with Gasteiger partial charge in [-0.1, -0.05) is 11.6 Å². The molecule has 1 aromatic carbocycles. The van der Waals surface area contributed by atoms with Crippen LogP contribution in [0.25, 0.3) is 5.69 Å². The molecule has 1 atom stereocenters. The molecule has 0 saturated carbocycles. The van der Waals surface area contributed by atoms with Gasteiger partial charge in [0.25, 0.3) is 0 Å². The van der Waals surface area contributed by atoms with E-state index in [2.05, 4.69) is 10.4 Å². The van der Waals surface area contributed by atoms with Crippen LogP contribution in [0.3, 0.4) is 0 Å². The van der Waals surface area contributed by atoms with E-state index in [4.69, 9.17) is 16.0 Å². The van der Waals surface area contributed by atoms with E-state index in [9.17, 15) is 4.79 Å². The van der Waals surface area contributed by atoms with Crippen molar-refractivity contribution in [2.45, 2.75) is 18.8 Å². The van der Waals surface area contributed by atoms with E-state index >= 15 is 0 Å². The summed E-state index contributed by atoms with van der Waals surface area (Å²) in [5.74, 6) is 1.57. The number of hydrogen-bond acceptors (Lipinski definition) is 4. The highest BCUT2D eigenvalue weighted by atomic mass is 35.5. The zero-order valence-corrected chi connectivity index (χ0v) is 13.9. The topological polar surface area (TPSA) is 60.1 Å². The first-order valence-electron chi connectivity index (χ1n) is 7.79. The van der Waals surface area contributed by atoms with Gasteiger partial charge in [0.15, 0.2) is 11.6 Å². The maximum atomic E-state index is 12.7. The van der Waals surface area contributed by atoms with E-state index in [1.54, 1.807) is 13.3 Å². The highest BCUT2D eigenvalue weighted by Gasteiger charge is 2.34. The van der Waals surface area contributed by atoms with E-state index in [1.807, 2.05) is 41.1 Å². The maximum absolute atomic E-state index is 12.7. The summed E-state index contributed by atoms with van der Waals surface area (Å²) in [5.41, 5.74) is 2.46. The third-order valence-corrected chi connectivity index (χ3v) is 4.64. The molecule has 6 heteroatoms. The molecule has 3 aromatic rings. The normalized spacial score (nSPS) is 16.9. The SMILES string of the molecule is CNc1nn(-c2ccc(Cl)cc2)c2c1C(=O)CC(c1ccco1)C2. The standard InChI is InChI=1S/C18H16ClN3O2/c1-20-18-17-14(22(21-18)13-6-4-12(19)5-7-13)9-11(10-15(17)23)16-3-2-8-24-16/h2-8,11H,9-10H2,1H3,(H,20,21). The number of nitrogens with zero attached hydrogens (tertiary/aromatic N) is 2. The van der Waals surface area contributed by atoms with Gasteiger partial charge in [0.2, 0.25) is 0 Å². The summed E-state index contributed by atoms with van der Waals surface area (Å²) in [7, 11) is 1.78. The van der Waals surface area contributed by atoms with Crippen LogP contribution in [0.2, 0.25) is 5.02 Å². The number of fused-ring (bicyclic) bond motifs is 1. The van der Waals surface area contributed by atoms with Gasteiger partial charge in [0.05, 0.1) is 23.2 Å². The number of anilines is 1. The molecule has 0 radical (unpaired) electrons. The van der Waals surface area contributed by atoms with Crippen LogP contribution in [-0.4, -0.2) is 22.6 Å². The summed E-state index contributed by atoms with van der Waals surface area (Å²) in [4.78, 5) is 12.7. The largest absolute Gasteiger partial charge is 0.469 e. The second-order valence-corrected chi connectivity index (χ2v) is 6.29. The first-order valence-corrected chi connectivity index (χ1v) is 8.17. The van der Waals surface area contributed by atoms with Crippen molar-refractivity contribution in [2.75, 3.05) is 12.4 Å². The lowest BCUT2D eigenvalue weighted by Gasteiger charge is -2.21. The number of benzene rings is 1. The monoisotopic (exact) mass is 341 g/mol. The quantitative estimate of drug-likeness (QED) is 0.780. The third-order valence-electron chi connectivity index (χ3n) is 4.38. The fourth-order valence-electron chi connectivity index (χ4n) is 3.26. The average Bonchev–Trinajstić information content (AvgIpc) is 3.23. The summed E-state index contributed by atoms with van der Waals surface area (Å²) < 4.78 is 7.34. The zero-order chi connectivity index (χ0) is 16.7. The van der Waals surface area contributed by atoms with E-state index in [0.29, 0.717) is 29.2 Å². The Kier molecular flexibility index (Phi) is 3.65. The number of ketones is 1. The van der Waals surface area contributed by atoms with Crippen molar-refractivity contribution in [1.29, 1.82) is 0 Å². The molecular weight excluding hydrogens is 326 g/mol. The molecule has 5 nitrogen and oxygen atoms in total. The van der Waals surface area contributed by atoms with Gasteiger partial charge in [-0.2, -0.15) is 0 Å². The minimum Gasteiger partial charge on any atom is -0.469 e. The van der Waals surface area contributed by atoms with E-state index in [0.717, 1.165) is 17.1 Å². The Bertz CT molecular complexity index is 882. The van der Waals surface area contributed by atoms with Crippen molar-refractivity contribution in [3.8, 4) is 5.69 Å². The molecule has 4 rings (SSSR count). The van der Waals surface area contributed by atoms with Gasteiger partial charge in [0.1, 0.15) is 5.76 Å². The zero-order valence-electron chi connectivity index (χ0n) is 13.1. The number of furan rings is 1. The van der Waals surface area contributed by atoms with Crippen LogP contribution in [0.15, 0.2) is 47.1 Å². The molecule has 0 spiro atoms. The van der Waals surface area contributed by atoms with Gasteiger partial charge in [-0.25, -0.2) is 4.68 Å². The molecule has 1 aliphatic rings. The van der Waals surface area contributed by atoms with Crippen molar-refractivity contribution >= 4 is 23.2 Å². The summed E-state index contributed by atoms with van der Waals surface area (Å²) >= 11 is 5.98. The van der Waals surface area contributed by atoms with Crippen LogP contribution in [0, 0.1) is 0 Å². The molecule has 2 heterocycles. The summed E-state index contributed by atoms with van der Waals surface area (Å²) in [6, 6.07) is 11.2. The van der Waals surface area contributed by atoms with Crippen molar-refractivity contribution < 1.29 is 9.21 Å². The molecule has 0 fully saturated rings. The number of carbonyl (C=O) groups is 1. The number of carbonyl (C=O) groups excluding carboxylic acids is 1. The number of hydrogen-bond donors (Lipinski definition) is 1. The smallest absolute Gasteiger partial charge is 0.169 e. The Morgan fingerprint density at radius 3 is 2.71 bits per heavy atom. The predicted octanol–water partition coefficient (Wildman–Crippen LogP) is 4.07. The van der Waals surface area contributed by atoms with E-state index in [-0.39, 0.29) is 11.7 Å². The Hall–Kier alpha value is -2.53. The number of halogens is 1. The minimum absolute atomic E-state index is 0.0347. The molecular formula is C18H16ClN3O2. The highest BCUT2D eigenvalue weighted by molar-refractivity contribution is 6.30. The fourth-order valence-corrected chi connectivity index (χ4v) is 3.39. The van der Waals surface area contributed by atoms with Crippen molar-refractivity contribution in [3.63, 3.8) is 0 Å². The third kappa shape index (κ3) is 2.41. The second-order valence-electron chi connectivity index (χ2n) is 5.85. The molecule has 0 amide bonds. The van der Waals surface area contributed by atoms with Gasteiger partial charge in [-0.15, -0.1) is 5.10 Å². The molecule has 1 aliphatic carbocycles. The van der Waals surface area contributed by atoms with Crippen LogP contribution in [-0.2, 0) is 6.42 Å². The summed E-state index contributed by atoms with van der Waals surface area (Å²) in [6.07, 6.45) is 2.78. The van der Waals surface area contributed by atoms with Crippen LogP contribution >= 0.6 is 11.6 Å². The first-order chi connectivity index (χ1) is 11.7. The number of rotatable bonds is 3. The van der Waals surface area contributed by atoms with Crippen molar-refractivity contribution in [3.05, 3.63) is 64.7 Å².